The van der Waals surface area contributed by atoms with E-state index in [1.807, 2.05) is 30.9 Å². The SMILES string of the molecule is CC(C)C(=O)N1CCC(C(=O)NCC(N)c2ccc(C(C)C)cc2)CC1. The van der Waals surface area contributed by atoms with Crippen LogP contribution in [0.2, 0.25) is 0 Å². The number of likely N-dealkylation sites (tertiary alicyclic amines) is 1. The van der Waals surface area contributed by atoms with E-state index in [9.17, 15) is 9.59 Å². The molecule has 5 nitrogen and oxygen atoms in total. The number of hydrogen-bond acceptors (Lipinski definition) is 3. The van der Waals surface area contributed by atoms with Crippen molar-refractivity contribution in [1.82, 2.24) is 10.2 Å². The smallest absolute Gasteiger partial charge is 0.225 e. The Hall–Kier alpha value is -1.88. The van der Waals surface area contributed by atoms with Gasteiger partial charge in [-0.1, -0.05) is 52.0 Å². The molecule has 144 valence electrons. The molecule has 1 heterocycles. The Morgan fingerprint density at radius 3 is 2.12 bits per heavy atom. The monoisotopic (exact) mass is 359 g/mol. The third kappa shape index (κ3) is 5.31. The minimum atomic E-state index is -0.206. The third-order valence-corrected chi connectivity index (χ3v) is 5.20. The minimum absolute atomic E-state index is 0.0143. The van der Waals surface area contributed by atoms with Crippen LogP contribution in [0.15, 0.2) is 24.3 Å². The number of nitrogens with zero attached hydrogens (tertiary/aromatic N) is 1. The lowest BCUT2D eigenvalue weighted by atomic mass is 9.94. The highest BCUT2D eigenvalue weighted by Crippen LogP contribution is 2.20. The summed E-state index contributed by atoms with van der Waals surface area (Å²) in [7, 11) is 0. The molecule has 2 rings (SSSR count). The van der Waals surface area contributed by atoms with Crippen LogP contribution in [-0.4, -0.2) is 36.3 Å². The maximum absolute atomic E-state index is 12.4. The molecule has 0 aromatic heterocycles. The lowest BCUT2D eigenvalue weighted by Gasteiger charge is -2.32. The standard InChI is InChI=1S/C21H33N3O2/c1-14(2)16-5-7-17(8-6-16)19(22)13-23-20(25)18-9-11-24(12-10-18)21(26)15(3)4/h5-8,14-15,18-19H,9-13,22H2,1-4H3,(H,23,25). The summed E-state index contributed by atoms with van der Waals surface area (Å²) >= 11 is 0. The molecule has 0 spiro atoms. The molecule has 0 aliphatic carbocycles. The maximum Gasteiger partial charge on any atom is 0.225 e. The van der Waals surface area contributed by atoms with Gasteiger partial charge in [0.15, 0.2) is 0 Å². The molecular formula is C21H33N3O2. The molecule has 1 saturated heterocycles. The van der Waals surface area contributed by atoms with Gasteiger partial charge in [-0.25, -0.2) is 0 Å². The second kappa shape index (κ2) is 9.17. The summed E-state index contributed by atoms with van der Waals surface area (Å²) in [4.78, 5) is 26.3. The number of carbonyl (C=O) groups excluding carboxylic acids is 2. The molecule has 1 aliphatic rings. The van der Waals surface area contributed by atoms with Gasteiger partial charge in [-0.3, -0.25) is 9.59 Å². The fourth-order valence-electron chi connectivity index (χ4n) is 3.33. The molecule has 26 heavy (non-hydrogen) atoms. The van der Waals surface area contributed by atoms with Gasteiger partial charge in [0.1, 0.15) is 0 Å². The van der Waals surface area contributed by atoms with Crippen LogP contribution in [-0.2, 0) is 9.59 Å². The van der Waals surface area contributed by atoms with E-state index >= 15 is 0 Å². The summed E-state index contributed by atoms with van der Waals surface area (Å²) in [6, 6.07) is 8.08. The summed E-state index contributed by atoms with van der Waals surface area (Å²) < 4.78 is 0. The lowest BCUT2D eigenvalue weighted by molar-refractivity contribution is -0.138. The molecule has 1 aromatic rings. The predicted molar refractivity (Wildman–Crippen MR) is 105 cm³/mol. The maximum atomic E-state index is 12.4. The van der Waals surface area contributed by atoms with Gasteiger partial charge in [0.05, 0.1) is 0 Å². The zero-order valence-electron chi connectivity index (χ0n) is 16.5. The fraction of sp³-hybridized carbons (Fsp3) is 0.619. The number of hydrogen-bond donors (Lipinski definition) is 2. The van der Waals surface area contributed by atoms with Crippen LogP contribution in [0.1, 0.15) is 63.6 Å². The average molecular weight is 360 g/mol. The van der Waals surface area contributed by atoms with Gasteiger partial charge in [0.2, 0.25) is 11.8 Å². The topological polar surface area (TPSA) is 75.4 Å². The molecule has 5 heteroatoms. The van der Waals surface area contributed by atoms with Gasteiger partial charge >= 0.3 is 0 Å². The van der Waals surface area contributed by atoms with Crippen molar-refractivity contribution >= 4 is 11.8 Å². The number of piperidine rings is 1. The highest BCUT2D eigenvalue weighted by molar-refractivity contribution is 5.80. The molecule has 3 N–H and O–H groups in total. The number of nitrogens with one attached hydrogen (secondary N) is 1. The van der Waals surface area contributed by atoms with Crippen LogP contribution in [0, 0.1) is 11.8 Å². The first kappa shape index (κ1) is 20.4. The van der Waals surface area contributed by atoms with Crippen molar-refractivity contribution in [2.45, 2.75) is 52.5 Å². The van der Waals surface area contributed by atoms with Crippen molar-refractivity contribution in [3.8, 4) is 0 Å². The van der Waals surface area contributed by atoms with E-state index in [-0.39, 0.29) is 29.7 Å². The van der Waals surface area contributed by atoms with E-state index in [2.05, 4.69) is 31.3 Å². The zero-order valence-corrected chi connectivity index (χ0v) is 16.5. The lowest BCUT2D eigenvalue weighted by Crippen LogP contribution is -2.45. The molecule has 0 saturated carbocycles. The molecule has 0 radical (unpaired) electrons. The molecule has 1 aliphatic heterocycles. The van der Waals surface area contributed by atoms with Crippen LogP contribution in [0.4, 0.5) is 0 Å². The molecule has 1 atom stereocenters. The van der Waals surface area contributed by atoms with Crippen LogP contribution < -0.4 is 11.1 Å². The number of amides is 2. The largest absolute Gasteiger partial charge is 0.354 e. The summed E-state index contributed by atoms with van der Waals surface area (Å²) in [5.74, 6) is 0.710. The molecule has 1 fully saturated rings. The fourth-order valence-corrected chi connectivity index (χ4v) is 3.33. The second-order valence-corrected chi connectivity index (χ2v) is 7.93. The Bertz CT molecular complexity index is 602. The zero-order chi connectivity index (χ0) is 19.3. The molecule has 2 amide bonds. The van der Waals surface area contributed by atoms with Gasteiger partial charge in [-0.2, -0.15) is 0 Å². The van der Waals surface area contributed by atoms with Crippen molar-refractivity contribution in [2.24, 2.45) is 17.6 Å². The van der Waals surface area contributed by atoms with E-state index in [4.69, 9.17) is 5.73 Å². The van der Waals surface area contributed by atoms with Crippen molar-refractivity contribution in [3.05, 3.63) is 35.4 Å². The Kier molecular flexibility index (Phi) is 7.21. The highest BCUT2D eigenvalue weighted by Gasteiger charge is 2.28. The Labute approximate surface area is 157 Å². The van der Waals surface area contributed by atoms with Gasteiger partial charge in [-0.15, -0.1) is 0 Å². The normalized spacial score (nSPS) is 16.8. The van der Waals surface area contributed by atoms with E-state index in [0.717, 1.165) is 18.4 Å². The summed E-state index contributed by atoms with van der Waals surface area (Å²) in [6.07, 6.45) is 1.45. The second-order valence-electron chi connectivity index (χ2n) is 7.93. The van der Waals surface area contributed by atoms with Gasteiger partial charge in [0, 0.05) is 37.5 Å². The Morgan fingerprint density at radius 1 is 1.08 bits per heavy atom. The van der Waals surface area contributed by atoms with E-state index in [1.54, 1.807) is 0 Å². The van der Waals surface area contributed by atoms with E-state index < -0.39 is 0 Å². The van der Waals surface area contributed by atoms with Crippen LogP contribution in [0.3, 0.4) is 0 Å². The van der Waals surface area contributed by atoms with E-state index in [1.165, 1.54) is 5.56 Å². The summed E-state index contributed by atoms with van der Waals surface area (Å²) in [6.45, 7) is 9.91. The average Bonchev–Trinajstić information content (AvgIpc) is 2.65. The summed E-state index contributed by atoms with van der Waals surface area (Å²) in [5.41, 5.74) is 8.55. The van der Waals surface area contributed by atoms with Crippen LogP contribution in [0.5, 0.6) is 0 Å². The third-order valence-electron chi connectivity index (χ3n) is 5.20. The number of carbonyl (C=O) groups is 2. The first-order valence-corrected chi connectivity index (χ1v) is 9.71. The molecule has 0 bridgehead atoms. The van der Waals surface area contributed by atoms with Crippen molar-refractivity contribution in [1.29, 1.82) is 0 Å². The first-order valence-electron chi connectivity index (χ1n) is 9.71. The summed E-state index contributed by atoms with van der Waals surface area (Å²) in [5, 5.41) is 2.99. The first-order chi connectivity index (χ1) is 12.3. The quantitative estimate of drug-likeness (QED) is 0.820. The minimum Gasteiger partial charge on any atom is -0.354 e. The van der Waals surface area contributed by atoms with Crippen LogP contribution in [0.25, 0.3) is 0 Å². The van der Waals surface area contributed by atoms with E-state index in [0.29, 0.717) is 25.6 Å². The van der Waals surface area contributed by atoms with Gasteiger partial charge in [-0.05, 0) is 29.9 Å². The van der Waals surface area contributed by atoms with Crippen molar-refractivity contribution in [2.75, 3.05) is 19.6 Å². The van der Waals surface area contributed by atoms with Gasteiger partial charge < -0.3 is 16.0 Å². The molecular weight excluding hydrogens is 326 g/mol. The predicted octanol–water partition coefficient (Wildman–Crippen LogP) is 2.82. The highest BCUT2D eigenvalue weighted by atomic mass is 16.2. The number of rotatable bonds is 6. The van der Waals surface area contributed by atoms with Crippen LogP contribution >= 0.6 is 0 Å². The van der Waals surface area contributed by atoms with Gasteiger partial charge in [0.25, 0.3) is 0 Å². The van der Waals surface area contributed by atoms with Crippen molar-refractivity contribution in [3.63, 3.8) is 0 Å². The molecule has 1 unspecified atom stereocenters. The van der Waals surface area contributed by atoms with Crippen molar-refractivity contribution < 1.29 is 9.59 Å². The number of benzene rings is 1. The Balaban J connectivity index is 1.79. The Morgan fingerprint density at radius 2 is 1.62 bits per heavy atom. The molecule has 1 aromatic carbocycles. The number of nitrogens with two attached hydrogens (primary N) is 1.